The molecule has 90 valence electrons. The summed E-state index contributed by atoms with van der Waals surface area (Å²) in [5, 5.41) is 0. The maximum absolute atomic E-state index is 5.54. The van der Waals surface area contributed by atoms with Gasteiger partial charge in [0.1, 0.15) is 17.6 Å². The van der Waals surface area contributed by atoms with Crippen LogP contribution in [0.15, 0.2) is 30.9 Å². The summed E-state index contributed by atoms with van der Waals surface area (Å²) in [4.78, 5) is 11.3. The number of H-pyrrole nitrogens is 1. The van der Waals surface area contributed by atoms with Crippen LogP contribution in [0.25, 0.3) is 0 Å². The van der Waals surface area contributed by atoms with E-state index in [1.165, 1.54) is 0 Å². The number of ether oxygens (including phenoxy) is 1. The maximum Gasteiger partial charge on any atom is 0.137 e. The zero-order valence-electron chi connectivity index (χ0n) is 9.55. The topological polar surface area (TPSA) is 88.8 Å². The molecule has 1 atom stereocenters. The molecule has 0 amide bonds. The van der Waals surface area contributed by atoms with E-state index in [1.807, 2.05) is 13.0 Å². The van der Waals surface area contributed by atoms with Crippen LogP contribution in [-0.4, -0.2) is 21.6 Å². The normalized spacial score (nSPS) is 12.4. The summed E-state index contributed by atoms with van der Waals surface area (Å²) >= 11 is 0. The van der Waals surface area contributed by atoms with Crippen LogP contribution in [0.4, 0.5) is 0 Å². The summed E-state index contributed by atoms with van der Waals surface area (Å²) in [5.41, 5.74) is 3.60. The lowest BCUT2D eigenvalue weighted by atomic mass is 10.1. The minimum Gasteiger partial charge on any atom is -0.492 e. The van der Waals surface area contributed by atoms with Gasteiger partial charge in [-0.1, -0.05) is 0 Å². The number of hydrogen-bond acceptors (Lipinski definition) is 5. The van der Waals surface area contributed by atoms with Crippen LogP contribution in [-0.2, 0) is 0 Å². The molecule has 1 unspecified atom stereocenters. The Kier molecular flexibility index (Phi) is 3.69. The third-order valence-corrected chi connectivity index (χ3v) is 2.34. The highest BCUT2D eigenvalue weighted by Crippen LogP contribution is 2.21. The van der Waals surface area contributed by atoms with Gasteiger partial charge in [0.25, 0.3) is 0 Å². The lowest BCUT2D eigenvalue weighted by molar-refractivity contribution is 0.338. The molecule has 2 rings (SSSR count). The van der Waals surface area contributed by atoms with Crippen molar-refractivity contribution in [3.63, 3.8) is 0 Å². The third kappa shape index (κ3) is 2.61. The van der Waals surface area contributed by atoms with E-state index in [0.717, 1.165) is 17.1 Å². The number of aromatic nitrogens is 3. The molecule has 0 aliphatic carbocycles. The van der Waals surface area contributed by atoms with Crippen LogP contribution in [0.5, 0.6) is 5.75 Å². The predicted octanol–water partition coefficient (Wildman–Crippen LogP) is 0.756. The molecule has 0 saturated carbocycles. The minimum atomic E-state index is -0.224. The summed E-state index contributed by atoms with van der Waals surface area (Å²) in [7, 11) is 0. The molecule has 2 aromatic heterocycles. The van der Waals surface area contributed by atoms with Gasteiger partial charge >= 0.3 is 0 Å². The van der Waals surface area contributed by atoms with Crippen molar-refractivity contribution in [1.29, 1.82) is 0 Å². The number of nitrogens with two attached hydrogens (primary N) is 1. The minimum absolute atomic E-state index is 0.224. The smallest absolute Gasteiger partial charge is 0.137 e. The van der Waals surface area contributed by atoms with E-state index in [0.29, 0.717) is 6.61 Å². The molecule has 0 saturated heterocycles. The summed E-state index contributed by atoms with van der Waals surface area (Å²) in [6.45, 7) is 2.53. The highest BCUT2D eigenvalue weighted by Gasteiger charge is 2.15. The second-order valence-corrected chi connectivity index (χ2v) is 3.46. The van der Waals surface area contributed by atoms with E-state index in [4.69, 9.17) is 10.6 Å². The van der Waals surface area contributed by atoms with Crippen molar-refractivity contribution in [2.24, 2.45) is 5.84 Å². The molecular formula is C11H15N5O. The van der Waals surface area contributed by atoms with Crippen LogP contribution in [0.3, 0.4) is 0 Å². The summed E-state index contributed by atoms with van der Waals surface area (Å²) < 4.78 is 5.40. The lowest BCUT2D eigenvalue weighted by Crippen LogP contribution is -2.29. The van der Waals surface area contributed by atoms with Crippen molar-refractivity contribution in [3.05, 3.63) is 42.2 Å². The van der Waals surface area contributed by atoms with Gasteiger partial charge in [0.2, 0.25) is 0 Å². The fourth-order valence-corrected chi connectivity index (χ4v) is 1.61. The first-order valence-electron chi connectivity index (χ1n) is 5.38. The standard InChI is InChI=1S/C11H15N5O/c1-2-17-9-5-8(6-13-7-9)10(16-12)11-14-3-4-15-11/h3-7,10,16H,2,12H2,1H3,(H,14,15). The van der Waals surface area contributed by atoms with E-state index in [9.17, 15) is 0 Å². The second kappa shape index (κ2) is 5.42. The monoisotopic (exact) mass is 233 g/mol. The number of imidazole rings is 1. The Balaban J connectivity index is 2.28. The Morgan fingerprint density at radius 3 is 3.06 bits per heavy atom. The van der Waals surface area contributed by atoms with Gasteiger partial charge in [-0.2, -0.15) is 0 Å². The van der Waals surface area contributed by atoms with Crippen molar-refractivity contribution in [2.45, 2.75) is 13.0 Å². The Morgan fingerprint density at radius 1 is 1.53 bits per heavy atom. The molecule has 0 aliphatic heterocycles. The van der Waals surface area contributed by atoms with Gasteiger partial charge in [0.05, 0.1) is 12.8 Å². The lowest BCUT2D eigenvalue weighted by Gasteiger charge is -2.14. The number of aromatic amines is 1. The fraction of sp³-hybridized carbons (Fsp3) is 0.273. The number of nitrogens with one attached hydrogen (secondary N) is 2. The Labute approximate surface area is 99.2 Å². The van der Waals surface area contributed by atoms with Crippen LogP contribution in [0.1, 0.15) is 24.4 Å². The van der Waals surface area contributed by atoms with Crippen LogP contribution < -0.4 is 16.0 Å². The first-order chi connectivity index (χ1) is 8.35. The van der Waals surface area contributed by atoms with Crippen molar-refractivity contribution >= 4 is 0 Å². The number of hydrogen-bond donors (Lipinski definition) is 3. The highest BCUT2D eigenvalue weighted by molar-refractivity contribution is 5.29. The summed E-state index contributed by atoms with van der Waals surface area (Å²) in [6.07, 6.45) is 6.83. The summed E-state index contributed by atoms with van der Waals surface area (Å²) in [6, 6.07) is 1.67. The van der Waals surface area contributed by atoms with Gasteiger partial charge in [0, 0.05) is 18.6 Å². The Morgan fingerprint density at radius 2 is 2.41 bits per heavy atom. The van der Waals surface area contributed by atoms with Crippen molar-refractivity contribution in [1.82, 2.24) is 20.4 Å². The molecule has 0 bridgehead atoms. The second-order valence-electron chi connectivity index (χ2n) is 3.46. The van der Waals surface area contributed by atoms with E-state index in [2.05, 4.69) is 20.4 Å². The molecule has 6 heteroatoms. The molecule has 4 N–H and O–H groups in total. The molecule has 2 aromatic rings. The molecule has 0 fully saturated rings. The van der Waals surface area contributed by atoms with Gasteiger partial charge in [-0.15, -0.1) is 0 Å². The number of hydrazine groups is 1. The van der Waals surface area contributed by atoms with Crippen molar-refractivity contribution in [3.8, 4) is 5.75 Å². The van der Waals surface area contributed by atoms with E-state index in [-0.39, 0.29) is 6.04 Å². The van der Waals surface area contributed by atoms with E-state index >= 15 is 0 Å². The number of pyridine rings is 1. The van der Waals surface area contributed by atoms with E-state index < -0.39 is 0 Å². The zero-order chi connectivity index (χ0) is 12.1. The predicted molar refractivity (Wildman–Crippen MR) is 63.2 cm³/mol. The first kappa shape index (κ1) is 11.6. The molecule has 2 heterocycles. The van der Waals surface area contributed by atoms with Crippen LogP contribution in [0, 0.1) is 0 Å². The maximum atomic E-state index is 5.54. The SMILES string of the molecule is CCOc1cncc(C(NN)c2ncc[nH]2)c1. The van der Waals surface area contributed by atoms with Crippen molar-refractivity contribution in [2.75, 3.05) is 6.61 Å². The molecule has 0 radical (unpaired) electrons. The Bertz CT molecular complexity index is 457. The van der Waals surface area contributed by atoms with Gasteiger partial charge in [-0.05, 0) is 18.6 Å². The quantitative estimate of drug-likeness (QED) is 0.524. The molecule has 17 heavy (non-hydrogen) atoms. The molecule has 6 nitrogen and oxygen atoms in total. The summed E-state index contributed by atoms with van der Waals surface area (Å²) in [5.74, 6) is 7.00. The van der Waals surface area contributed by atoms with Gasteiger partial charge in [-0.25, -0.2) is 10.4 Å². The van der Waals surface area contributed by atoms with Crippen molar-refractivity contribution < 1.29 is 4.74 Å². The average Bonchev–Trinajstić information content (AvgIpc) is 2.85. The molecular weight excluding hydrogens is 218 g/mol. The number of nitrogens with zero attached hydrogens (tertiary/aromatic N) is 2. The van der Waals surface area contributed by atoms with Crippen LogP contribution in [0.2, 0.25) is 0 Å². The first-order valence-corrected chi connectivity index (χ1v) is 5.38. The van der Waals surface area contributed by atoms with E-state index in [1.54, 1.807) is 24.8 Å². The van der Waals surface area contributed by atoms with Crippen LogP contribution >= 0.6 is 0 Å². The number of rotatable bonds is 5. The molecule has 0 aliphatic rings. The fourth-order valence-electron chi connectivity index (χ4n) is 1.61. The third-order valence-electron chi connectivity index (χ3n) is 2.34. The van der Waals surface area contributed by atoms with Gasteiger partial charge < -0.3 is 9.72 Å². The highest BCUT2D eigenvalue weighted by atomic mass is 16.5. The molecule has 0 aromatic carbocycles. The average molecular weight is 233 g/mol. The van der Waals surface area contributed by atoms with Gasteiger partial charge in [-0.3, -0.25) is 10.8 Å². The van der Waals surface area contributed by atoms with Gasteiger partial charge in [0.15, 0.2) is 0 Å². The largest absolute Gasteiger partial charge is 0.492 e. The zero-order valence-corrected chi connectivity index (χ0v) is 9.55. The Hall–Kier alpha value is -1.92. The molecule has 0 spiro atoms.